The standard InChI is InChI=1S/C12H23N3S/c1-10(9-15-6-2-3-7-15)8-13-12(16)14-11-4-5-11/h10-11H,2-9H2,1H3,(H2,13,14,16). The Morgan fingerprint density at radius 2 is 2.06 bits per heavy atom. The van der Waals surface area contributed by atoms with Crippen molar-refractivity contribution >= 4 is 17.3 Å². The van der Waals surface area contributed by atoms with Crippen molar-refractivity contribution in [3.8, 4) is 0 Å². The van der Waals surface area contributed by atoms with Gasteiger partial charge in [0.2, 0.25) is 0 Å². The maximum atomic E-state index is 5.24. The van der Waals surface area contributed by atoms with Gasteiger partial charge in [0.25, 0.3) is 0 Å². The van der Waals surface area contributed by atoms with E-state index in [9.17, 15) is 0 Å². The summed E-state index contributed by atoms with van der Waals surface area (Å²) >= 11 is 5.24. The van der Waals surface area contributed by atoms with Gasteiger partial charge in [-0.25, -0.2) is 0 Å². The summed E-state index contributed by atoms with van der Waals surface area (Å²) in [6, 6.07) is 0.661. The number of likely N-dealkylation sites (tertiary alicyclic amines) is 1. The number of thiocarbonyl (C=S) groups is 1. The van der Waals surface area contributed by atoms with E-state index in [4.69, 9.17) is 12.2 Å². The lowest BCUT2D eigenvalue weighted by Crippen LogP contribution is -2.40. The summed E-state index contributed by atoms with van der Waals surface area (Å²) in [5.74, 6) is 0.678. The lowest BCUT2D eigenvalue weighted by Gasteiger charge is -2.21. The lowest BCUT2D eigenvalue weighted by molar-refractivity contribution is 0.288. The molecule has 2 N–H and O–H groups in total. The van der Waals surface area contributed by atoms with Crippen LogP contribution in [0.5, 0.6) is 0 Å². The molecule has 3 nitrogen and oxygen atoms in total. The number of nitrogens with one attached hydrogen (secondary N) is 2. The molecule has 0 spiro atoms. The Balaban J connectivity index is 1.55. The molecule has 1 atom stereocenters. The van der Waals surface area contributed by atoms with Crippen molar-refractivity contribution in [1.82, 2.24) is 15.5 Å². The van der Waals surface area contributed by atoms with E-state index in [1.54, 1.807) is 0 Å². The lowest BCUT2D eigenvalue weighted by atomic mass is 10.1. The summed E-state index contributed by atoms with van der Waals surface area (Å²) < 4.78 is 0. The molecule has 0 aromatic heterocycles. The second-order valence-corrected chi connectivity index (χ2v) is 5.65. The van der Waals surface area contributed by atoms with Crippen LogP contribution in [0, 0.1) is 5.92 Å². The van der Waals surface area contributed by atoms with Gasteiger partial charge < -0.3 is 15.5 Å². The van der Waals surface area contributed by atoms with E-state index in [1.807, 2.05) is 0 Å². The molecule has 0 aromatic carbocycles. The van der Waals surface area contributed by atoms with Crippen LogP contribution in [0.3, 0.4) is 0 Å². The fourth-order valence-electron chi connectivity index (χ4n) is 2.20. The Bertz CT molecular complexity index is 234. The predicted octanol–water partition coefficient (Wildman–Crippen LogP) is 1.34. The van der Waals surface area contributed by atoms with Crippen LogP contribution in [0.2, 0.25) is 0 Å². The first-order chi connectivity index (χ1) is 7.74. The van der Waals surface area contributed by atoms with Gasteiger partial charge in [-0.15, -0.1) is 0 Å². The average Bonchev–Trinajstić information content (AvgIpc) is 2.91. The Kier molecular flexibility index (Phi) is 4.41. The molecule has 0 amide bonds. The highest BCUT2D eigenvalue weighted by molar-refractivity contribution is 7.80. The van der Waals surface area contributed by atoms with E-state index < -0.39 is 0 Å². The minimum absolute atomic E-state index is 0.661. The van der Waals surface area contributed by atoms with Gasteiger partial charge in [0.1, 0.15) is 0 Å². The molecule has 2 rings (SSSR count). The Labute approximate surface area is 104 Å². The van der Waals surface area contributed by atoms with E-state index in [1.165, 1.54) is 45.3 Å². The molecule has 0 radical (unpaired) electrons. The average molecular weight is 241 g/mol. The third-order valence-electron chi connectivity index (χ3n) is 3.29. The highest BCUT2D eigenvalue weighted by atomic mass is 32.1. The zero-order valence-electron chi connectivity index (χ0n) is 10.2. The number of rotatable bonds is 5. The summed E-state index contributed by atoms with van der Waals surface area (Å²) in [4.78, 5) is 2.56. The molecule has 16 heavy (non-hydrogen) atoms. The first-order valence-corrected chi connectivity index (χ1v) is 6.91. The summed E-state index contributed by atoms with van der Waals surface area (Å²) in [6.07, 6.45) is 5.32. The van der Waals surface area contributed by atoms with Crippen molar-refractivity contribution in [3.63, 3.8) is 0 Å². The predicted molar refractivity (Wildman–Crippen MR) is 71.6 cm³/mol. The van der Waals surface area contributed by atoms with Gasteiger partial charge in [-0.05, 0) is 56.9 Å². The van der Waals surface area contributed by atoms with Crippen molar-refractivity contribution in [2.45, 2.75) is 38.6 Å². The monoisotopic (exact) mass is 241 g/mol. The maximum Gasteiger partial charge on any atom is 0.166 e. The normalized spacial score (nSPS) is 23.1. The van der Waals surface area contributed by atoms with Crippen molar-refractivity contribution in [2.75, 3.05) is 26.2 Å². The molecule has 1 saturated carbocycles. The SMILES string of the molecule is CC(CNC(=S)NC1CC1)CN1CCCC1. The second kappa shape index (κ2) is 5.82. The molecule has 4 heteroatoms. The smallest absolute Gasteiger partial charge is 0.166 e. The summed E-state index contributed by atoms with van der Waals surface area (Å²) in [5.41, 5.74) is 0. The number of hydrogen-bond donors (Lipinski definition) is 2. The molecule has 92 valence electrons. The molecule has 2 fully saturated rings. The third kappa shape index (κ3) is 4.26. The highest BCUT2D eigenvalue weighted by Gasteiger charge is 2.21. The molecule has 1 saturated heterocycles. The van der Waals surface area contributed by atoms with E-state index >= 15 is 0 Å². The van der Waals surface area contributed by atoms with Gasteiger partial charge in [-0.1, -0.05) is 6.92 Å². The Morgan fingerprint density at radius 1 is 1.38 bits per heavy atom. The molecule has 1 aliphatic heterocycles. The van der Waals surface area contributed by atoms with Crippen molar-refractivity contribution in [3.05, 3.63) is 0 Å². The van der Waals surface area contributed by atoms with Crippen LogP contribution in [0.25, 0.3) is 0 Å². The summed E-state index contributed by atoms with van der Waals surface area (Å²) in [7, 11) is 0. The minimum Gasteiger partial charge on any atom is -0.362 e. The Morgan fingerprint density at radius 3 is 2.69 bits per heavy atom. The largest absolute Gasteiger partial charge is 0.362 e. The molecule has 1 aliphatic carbocycles. The highest BCUT2D eigenvalue weighted by Crippen LogP contribution is 2.18. The first kappa shape index (κ1) is 12.1. The second-order valence-electron chi connectivity index (χ2n) is 5.24. The maximum absolute atomic E-state index is 5.24. The molecule has 1 heterocycles. The van der Waals surface area contributed by atoms with E-state index in [0.717, 1.165) is 11.7 Å². The topological polar surface area (TPSA) is 27.3 Å². The molecular formula is C12H23N3S. The third-order valence-corrected chi connectivity index (χ3v) is 3.55. The van der Waals surface area contributed by atoms with Crippen molar-refractivity contribution in [1.29, 1.82) is 0 Å². The zero-order chi connectivity index (χ0) is 11.4. The fourth-order valence-corrected chi connectivity index (χ4v) is 2.45. The number of nitrogens with zero attached hydrogens (tertiary/aromatic N) is 1. The van der Waals surface area contributed by atoms with Crippen LogP contribution in [0.4, 0.5) is 0 Å². The van der Waals surface area contributed by atoms with Crippen LogP contribution in [-0.4, -0.2) is 42.2 Å². The Hall–Kier alpha value is -0.350. The van der Waals surface area contributed by atoms with Crippen LogP contribution >= 0.6 is 12.2 Å². The summed E-state index contributed by atoms with van der Waals surface area (Å²) in [6.45, 7) is 7.07. The molecule has 1 unspecified atom stereocenters. The van der Waals surface area contributed by atoms with Crippen molar-refractivity contribution in [2.24, 2.45) is 5.92 Å². The molecular weight excluding hydrogens is 218 g/mol. The van der Waals surface area contributed by atoms with Gasteiger partial charge in [0.05, 0.1) is 0 Å². The van der Waals surface area contributed by atoms with Crippen LogP contribution in [-0.2, 0) is 0 Å². The molecule has 0 bridgehead atoms. The molecule has 0 aromatic rings. The van der Waals surface area contributed by atoms with Crippen LogP contribution < -0.4 is 10.6 Å². The van der Waals surface area contributed by atoms with Gasteiger partial charge in [0, 0.05) is 19.1 Å². The van der Waals surface area contributed by atoms with Gasteiger partial charge in [-0.2, -0.15) is 0 Å². The van der Waals surface area contributed by atoms with E-state index in [0.29, 0.717) is 12.0 Å². The first-order valence-electron chi connectivity index (χ1n) is 6.51. The van der Waals surface area contributed by atoms with E-state index in [2.05, 4.69) is 22.5 Å². The van der Waals surface area contributed by atoms with Crippen LogP contribution in [0.1, 0.15) is 32.6 Å². The molecule has 2 aliphatic rings. The van der Waals surface area contributed by atoms with Crippen molar-refractivity contribution < 1.29 is 0 Å². The summed E-state index contributed by atoms with van der Waals surface area (Å²) in [5, 5.41) is 7.47. The van der Waals surface area contributed by atoms with E-state index in [-0.39, 0.29) is 0 Å². The minimum atomic E-state index is 0.661. The number of hydrogen-bond acceptors (Lipinski definition) is 2. The zero-order valence-corrected chi connectivity index (χ0v) is 11.0. The quantitative estimate of drug-likeness (QED) is 0.711. The van der Waals surface area contributed by atoms with Crippen LogP contribution in [0.15, 0.2) is 0 Å². The fraction of sp³-hybridized carbons (Fsp3) is 0.917. The van der Waals surface area contributed by atoms with Gasteiger partial charge in [-0.3, -0.25) is 0 Å². The van der Waals surface area contributed by atoms with Gasteiger partial charge in [0.15, 0.2) is 5.11 Å². The van der Waals surface area contributed by atoms with Gasteiger partial charge >= 0.3 is 0 Å².